The summed E-state index contributed by atoms with van der Waals surface area (Å²) in [6, 6.07) is 7.83. The maximum absolute atomic E-state index is 12.5. The lowest BCUT2D eigenvalue weighted by molar-refractivity contribution is 0.0642. The van der Waals surface area contributed by atoms with Gasteiger partial charge in [0.2, 0.25) is 0 Å². The fraction of sp³-hybridized carbons (Fsp3) is 0.500. The first-order valence-corrected chi connectivity index (χ1v) is 7.54. The van der Waals surface area contributed by atoms with E-state index in [1.165, 1.54) is 0 Å². The van der Waals surface area contributed by atoms with E-state index >= 15 is 0 Å². The lowest BCUT2D eigenvalue weighted by Crippen LogP contribution is -2.48. The third kappa shape index (κ3) is 2.93. The Balaban J connectivity index is 2.08. The largest absolute Gasteiger partial charge is 0.336 e. The average molecular weight is 311 g/mol. The van der Waals surface area contributed by atoms with Gasteiger partial charge in [0.25, 0.3) is 5.91 Å². The summed E-state index contributed by atoms with van der Waals surface area (Å²) in [7, 11) is 0. The molecule has 3 nitrogen and oxygen atoms in total. The summed E-state index contributed by atoms with van der Waals surface area (Å²) >= 11 is 3.44. The molecule has 0 saturated carbocycles. The van der Waals surface area contributed by atoms with Crippen molar-refractivity contribution in [1.82, 2.24) is 9.80 Å². The SMILES string of the molecule is CCN1CCN(C(=O)c2ccccc2CBr)CC1. The van der Waals surface area contributed by atoms with E-state index in [0.29, 0.717) is 0 Å². The summed E-state index contributed by atoms with van der Waals surface area (Å²) in [5, 5.41) is 0.726. The minimum absolute atomic E-state index is 0.167. The molecule has 18 heavy (non-hydrogen) atoms. The first-order valence-electron chi connectivity index (χ1n) is 6.41. The van der Waals surface area contributed by atoms with Crippen LogP contribution >= 0.6 is 15.9 Å². The van der Waals surface area contributed by atoms with E-state index in [1.807, 2.05) is 29.2 Å². The number of piperazine rings is 1. The first-order chi connectivity index (χ1) is 8.76. The standard InChI is InChI=1S/C14H19BrN2O/c1-2-16-7-9-17(10-8-16)14(18)13-6-4-3-5-12(13)11-15/h3-6H,2,7-11H2,1H3. The molecule has 1 amide bonds. The molecule has 98 valence electrons. The summed E-state index contributed by atoms with van der Waals surface area (Å²) < 4.78 is 0. The van der Waals surface area contributed by atoms with Crippen molar-refractivity contribution in [3.63, 3.8) is 0 Å². The summed E-state index contributed by atoms with van der Waals surface area (Å²) in [4.78, 5) is 16.8. The van der Waals surface area contributed by atoms with Gasteiger partial charge >= 0.3 is 0 Å². The van der Waals surface area contributed by atoms with Crippen LogP contribution in [0.25, 0.3) is 0 Å². The number of alkyl halides is 1. The Morgan fingerprint density at radius 3 is 2.50 bits per heavy atom. The Bertz CT molecular complexity index is 414. The van der Waals surface area contributed by atoms with E-state index in [4.69, 9.17) is 0 Å². The Hall–Kier alpha value is -0.870. The molecular weight excluding hydrogens is 292 g/mol. The minimum Gasteiger partial charge on any atom is -0.336 e. The molecular formula is C14H19BrN2O. The fourth-order valence-electron chi connectivity index (χ4n) is 2.28. The van der Waals surface area contributed by atoms with Gasteiger partial charge in [-0.15, -0.1) is 0 Å². The molecule has 0 spiro atoms. The van der Waals surface area contributed by atoms with Crippen molar-refractivity contribution in [2.75, 3.05) is 32.7 Å². The Morgan fingerprint density at radius 2 is 1.89 bits per heavy atom. The highest BCUT2D eigenvalue weighted by Crippen LogP contribution is 2.16. The van der Waals surface area contributed by atoms with Crippen LogP contribution in [0.4, 0.5) is 0 Å². The molecule has 0 aliphatic carbocycles. The van der Waals surface area contributed by atoms with E-state index in [1.54, 1.807) is 0 Å². The van der Waals surface area contributed by atoms with Gasteiger partial charge in [-0.05, 0) is 18.2 Å². The van der Waals surface area contributed by atoms with Gasteiger partial charge in [-0.25, -0.2) is 0 Å². The van der Waals surface area contributed by atoms with Crippen LogP contribution in [0.1, 0.15) is 22.8 Å². The van der Waals surface area contributed by atoms with Crippen molar-refractivity contribution >= 4 is 21.8 Å². The second-order valence-electron chi connectivity index (χ2n) is 4.52. The van der Waals surface area contributed by atoms with Gasteiger partial charge < -0.3 is 9.80 Å². The van der Waals surface area contributed by atoms with E-state index in [2.05, 4.69) is 27.8 Å². The number of hydrogen-bond donors (Lipinski definition) is 0. The zero-order chi connectivity index (χ0) is 13.0. The second-order valence-corrected chi connectivity index (χ2v) is 5.08. The van der Waals surface area contributed by atoms with Gasteiger partial charge in [0.05, 0.1) is 0 Å². The molecule has 0 atom stereocenters. The van der Waals surface area contributed by atoms with Crippen LogP contribution in [0.3, 0.4) is 0 Å². The van der Waals surface area contributed by atoms with Crippen molar-refractivity contribution in [3.8, 4) is 0 Å². The van der Waals surface area contributed by atoms with Crippen molar-refractivity contribution in [1.29, 1.82) is 0 Å². The molecule has 1 aliphatic rings. The van der Waals surface area contributed by atoms with Crippen LogP contribution < -0.4 is 0 Å². The van der Waals surface area contributed by atoms with Gasteiger partial charge in [0.15, 0.2) is 0 Å². The molecule has 4 heteroatoms. The zero-order valence-corrected chi connectivity index (χ0v) is 12.3. The van der Waals surface area contributed by atoms with E-state index in [0.717, 1.165) is 49.2 Å². The van der Waals surface area contributed by atoms with Crippen LogP contribution in [-0.2, 0) is 5.33 Å². The Kier molecular flexibility index (Phi) is 4.78. The van der Waals surface area contributed by atoms with Crippen molar-refractivity contribution in [2.45, 2.75) is 12.3 Å². The average Bonchev–Trinajstić information content (AvgIpc) is 2.46. The molecule has 0 aromatic heterocycles. The Labute approximate surface area is 117 Å². The molecule has 2 rings (SSSR count). The Morgan fingerprint density at radius 1 is 1.22 bits per heavy atom. The van der Waals surface area contributed by atoms with Crippen molar-refractivity contribution < 1.29 is 4.79 Å². The van der Waals surface area contributed by atoms with Gasteiger partial charge in [-0.3, -0.25) is 4.79 Å². The van der Waals surface area contributed by atoms with Gasteiger partial charge in [0, 0.05) is 37.1 Å². The van der Waals surface area contributed by atoms with Crippen LogP contribution in [-0.4, -0.2) is 48.4 Å². The number of amides is 1. The topological polar surface area (TPSA) is 23.6 Å². The molecule has 0 N–H and O–H groups in total. The highest BCUT2D eigenvalue weighted by Gasteiger charge is 2.22. The fourth-order valence-corrected chi connectivity index (χ4v) is 2.77. The highest BCUT2D eigenvalue weighted by molar-refractivity contribution is 9.08. The van der Waals surface area contributed by atoms with E-state index in [-0.39, 0.29) is 5.91 Å². The van der Waals surface area contributed by atoms with Crippen molar-refractivity contribution in [3.05, 3.63) is 35.4 Å². The second kappa shape index (κ2) is 6.34. The number of rotatable bonds is 3. The quantitative estimate of drug-likeness (QED) is 0.800. The van der Waals surface area contributed by atoms with Gasteiger partial charge in [0.1, 0.15) is 0 Å². The molecule has 0 radical (unpaired) electrons. The summed E-state index contributed by atoms with van der Waals surface area (Å²) in [6.07, 6.45) is 0. The molecule has 1 fully saturated rings. The minimum atomic E-state index is 0.167. The van der Waals surface area contributed by atoms with Crippen LogP contribution in [0, 0.1) is 0 Å². The molecule has 1 saturated heterocycles. The number of carbonyl (C=O) groups is 1. The maximum atomic E-state index is 12.5. The monoisotopic (exact) mass is 310 g/mol. The van der Waals surface area contributed by atoms with E-state index < -0.39 is 0 Å². The molecule has 1 heterocycles. The number of benzene rings is 1. The molecule has 1 aliphatic heterocycles. The van der Waals surface area contributed by atoms with Gasteiger partial charge in [-0.2, -0.15) is 0 Å². The number of hydrogen-bond acceptors (Lipinski definition) is 2. The lowest BCUT2D eigenvalue weighted by Gasteiger charge is -2.34. The third-order valence-electron chi connectivity index (χ3n) is 3.50. The summed E-state index contributed by atoms with van der Waals surface area (Å²) in [5.41, 5.74) is 1.90. The van der Waals surface area contributed by atoms with Crippen LogP contribution in [0.2, 0.25) is 0 Å². The van der Waals surface area contributed by atoms with E-state index in [9.17, 15) is 4.79 Å². The van der Waals surface area contributed by atoms with Gasteiger partial charge in [-0.1, -0.05) is 41.1 Å². The number of nitrogens with zero attached hydrogens (tertiary/aromatic N) is 2. The normalized spacial score (nSPS) is 16.9. The highest BCUT2D eigenvalue weighted by atomic mass is 79.9. The number of halogens is 1. The van der Waals surface area contributed by atoms with Crippen LogP contribution in [0.5, 0.6) is 0 Å². The summed E-state index contributed by atoms with van der Waals surface area (Å²) in [6.45, 7) is 6.88. The first kappa shape index (κ1) is 13.6. The van der Waals surface area contributed by atoms with Crippen LogP contribution in [0.15, 0.2) is 24.3 Å². The maximum Gasteiger partial charge on any atom is 0.254 e. The predicted molar refractivity (Wildman–Crippen MR) is 77.1 cm³/mol. The predicted octanol–water partition coefficient (Wildman–Crippen LogP) is 2.36. The molecule has 0 unspecified atom stereocenters. The number of carbonyl (C=O) groups excluding carboxylic acids is 1. The molecule has 1 aromatic carbocycles. The molecule has 1 aromatic rings. The smallest absolute Gasteiger partial charge is 0.254 e. The van der Waals surface area contributed by atoms with Crippen molar-refractivity contribution in [2.24, 2.45) is 0 Å². The zero-order valence-electron chi connectivity index (χ0n) is 10.7. The number of likely N-dealkylation sites (N-methyl/N-ethyl adjacent to an activating group) is 1. The molecule has 0 bridgehead atoms. The lowest BCUT2D eigenvalue weighted by atomic mass is 10.1. The third-order valence-corrected chi connectivity index (χ3v) is 4.10. The summed E-state index contributed by atoms with van der Waals surface area (Å²) in [5.74, 6) is 0.167.